The van der Waals surface area contributed by atoms with Gasteiger partial charge in [0.2, 0.25) is 0 Å². The van der Waals surface area contributed by atoms with Crippen molar-refractivity contribution < 1.29 is 32.6 Å². The number of fused-ring (bicyclic) bond motifs is 1. The van der Waals surface area contributed by atoms with E-state index in [1.54, 1.807) is 49.7 Å². The van der Waals surface area contributed by atoms with Crippen molar-refractivity contribution in [1.29, 1.82) is 0 Å². The highest BCUT2D eigenvalue weighted by Gasteiger charge is 2.54. The monoisotopic (exact) mass is 591 g/mol. The third-order valence-corrected chi connectivity index (χ3v) is 7.79. The van der Waals surface area contributed by atoms with Crippen LogP contribution in [0.5, 0.6) is 23.0 Å². The summed E-state index contributed by atoms with van der Waals surface area (Å²) in [6.07, 6.45) is 4.28. The number of halogens is 2. The molecule has 0 atom stereocenters. The Morgan fingerprint density at radius 3 is 2.24 bits per heavy atom. The molecule has 218 valence electrons. The normalized spacial score (nSPS) is 13.5. The molecule has 1 fully saturated rings. The van der Waals surface area contributed by atoms with E-state index in [0.29, 0.717) is 58.7 Å². The summed E-state index contributed by atoms with van der Waals surface area (Å²) in [5, 5.41) is 0.617. The highest BCUT2D eigenvalue weighted by Crippen LogP contribution is 2.49. The molecule has 1 aromatic heterocycles. The van der Waals surface area contributed by atoms with Crippen LogP contribution in [0.4, 0.5) is 8.78 Å². The summed E-state index contributed by atoms with van der Waals surface area (Å²) in [7, 11) is 1.54. The van der Waals surface area contributed by atoms with Crippen LogP contribution in [0, 0.1) is 17.0 Å². The van der Waals surface area contributed by atoms with E-state index >= 15 is 4.39 Å². The fraction of sp³-hybridized carbons (Fsp3) is 0.303. The number of rotatable bonds is 14. The van der Waals surface area contributed by atoms with Gasteiger partial charge in [0.1, 0.15) is 11.6 Å². The maximum atomic E-state index is 15.2. The Hall–Kier alpha value is -3.98. The van der Waals surface area contributed by atoms with Gasteiger partial charge in [-0.2, -0.15) is 12.6 Å². The third kappa shape index (κ3) is 6.57. The first-order chi connectivity index (χ1) is 20.3. The molecule has 0 aliphatic heterocycles. The lowest BCUT2D eigenvalue weighted by atomic mass is 9.88. The van der Waals surface area contributed by atoms with E-state index in [4.69, 9.17) is 14.2 Å². The predicted octanol–water partition coefficient (Wildman–Crippen LogP) is 7.11. The first-order valence-electron chi connectivity index (χ1n) is 13.8. The highest BCUT2D eigenvalue weighted by atomic mass is 32.1. The molecule has 0 unspecified atom stereocenters. The SMILES string of the molecule is COc1cc2c(Oc3ccc(CC(=O)C4(C(=O)Cc5ccc(F)cc5)CC4)cc3F)ccnc2cc1OCCCCS. The van der Waals surface area contributed by atoms with Gasteiger partial charge >= 0.3 is 0 Å². The highest BCUT2D eigenvalue weighted by molar-refractivity contribution is 7.80. The minimum atomic E-state index is -1.05. The Morgan fingerprint density at radius 1 is 0.857 bits per heavy atom. The number of nitrogens with zero attached hydrogens (tertiary/aromatic N) is 1. The van der Waals surface area contributed by atoms with Crippen LogP contribution in [-0.4, -0.2) is 36.0 Å². The van der Waals surface area contributed by atoms with Gasteiger partial charge in [0.15, 0.2) is 34.6 Å². The maximum Gasteiger partial charge on any atom is 0.166 e. The Morgan fingerprint density at radius 2 is 1.57 bits per heavy atom. The number of hydrogen-bond acceptors (Lipinski definition) is 7. The van der Waals surface area contributed by atoms with Crippen molar-refractivity contribution in [3.63, 3.8) is 0 Å². The second kappa shape index (κ2) is 12.9. The summed E-state index contributed by atoms with van der Waals surface area (Å²) in [5.74, 6) is 0.761. The number of ketones is 2. The number of unbranched alkanes of at least 4 members (excludes halogenated alkanes) is 1. The molecule has 42 heavy (non-hydrogen) atoms. The average Bonchev–Trinajstić information content (AvgIpc) is 3.80. The van der Waals surface area contributed by atoms with Crippen LogP contribution >= 0.6 is 12.6 Å². The molecule has 5 rings (SSSR count). The van der Waals surface area contributed by atoms with Crippen molar-refractivity contribution in [3.8, 4) is 23.0 Å². The summed E-state index contributed by atoms with van der Waals surface area (Å²) in [5.41, 5.74) is 0.651. The smallest absolute Gasteiger partial charge is 0.166 e. The fourth-order valence-corrected chi connectivity index (χ4v) is 5.11. The van der Waals surface area contributed by atoms with Gasteiger partial charge in [-0.1, -0.05) is 18.2 Å². The zero-order valence-electron chi connectivity index (χ0n) is 23.2. The van der Waals surface area contributed by atoms with Crippen LogP contribution in [0.3, 0.4) is 0 Å². The molecule has 1 heterocycles. The topological polar surface area (TPSA) is 74.7 Å². The Bertz CT molecular complexity index is 1600. The number of Topliss-reactive ketones (excluding diaryl/α,β-unsaturated/α-hetero) is 2. The first kappa shape index (κ1) is 29.5. The first-order valence-corrected chi connectivity index (χ1v) is 14.4. The minimum Gasteiger partial charge on any atom is -0.493 e. The van der Waals surface area contributed by atoms with Crippen molar-refractivity contribution in [2.24, 2.45) is 5.41 Å². The van der Waals surface area contributed by atoms with E-state index in [9.17, 15) is 14.0 Å². The number of thiol groups is 1. The largest absolute Gasteiger partial charge is 0.493 e. The summed E-state index contributed by atoms with van der Waals surface area (Å²) < 4.78 is 45.7. The van der Waals surface area contributed by atoms with Crippen molar-refractivity contribution in [3.05, 3.63) is 89.6 Å². The molecule has 1 aliphatic rings. The average molecular weight is 592 g/mol. The Labute approximate surface area is 248 Å². The van der Waals surface area contributed by atoms with E-state index in [2.05, 4.69) is 17.6 Å². The van der Waals surface area contributed by atoms with Gasteiger partial charge in [-0.3, -0.25) is 14.6 Å². The number of pyridine rings is 1. The molecule has 0 radical (unpaired) electrons. The minimum absolute atomic E-state index is 0.0155. The lowest BCUT2D eigenvalue weighted by Gasteiger charge is -2.15. The lowest BCUT2D eigenvalue weighted by Crippen LogP contribution is -2.28. The van der Waals surface area contributed by atoms with Crippen LogP contribution in [0.1, 0.15) is 36.8 Å². The molecule has 1 saturated carbocycles. The summed E-state index contributed by atoms with van der Waals surface area (Å²) >= 11 is 4.22. The van der Waals surface area contributed by atoms with Gasteiger partial charge in [-0.05, 0) is 79.0 Å². The molecule has 3 aromatic carbocycles. The van der Waals surface area contributed by atoms with Crippen molar-refractivity contribution in [2.45, 2.75) is 38.5 Å². The molecule has 0 saturated heterocycles. The zero-order chi connectivity index (χ0) is 29.7. The van der Waals surface area contributed by atoms with Crippen LogP contribution in [0.2, 0.25) is 0 Å². The van der Waals surface area contributed by atoms with E-state index in [1.165, 1.54) is 24.3 Å². The van der Waals surface area contributed by atoms with Crippen molar-refractivity contribution in [1.82, 2.24) is 4.98 Å². The molecule has 9 heteroatoms. The number of hydrogen-bond donors (Lipinski definition) is 1. The van der Waals surface area contributed by atoms with Gasteiger partial charge in [0, 0.05) is 30.5 Å². The number of carbonyl (C=O) groups is 2. The second-order valence-corrected chi connectivity index (χ2v) is 10.8. The van der Waals surface area contributed by atoms with Crippen LogP contribution in [0.15, 0.2) is 66.9 Å². The molecule has 1 aliphatic carbocycles. The van der Waals surface area contributed by atoms with Crippen molar-refractivity contribution in [2.75, 3.05) is 19.5 Å². The molecule has 0 spiro atoms. The summed E-state index contributed by atoms with van der Waals surface area (Å²) in [4.78, 5) is 30.5. The van der Waals surface area contributed by atoms with Gasteiger partial charge in [0.25, 0.3) is 0 Å². The molecule has 0 amide bonds. The van der Waals surface area contributed by atoms with E-state index in [-0.39, 0.29) is 36.0 Å². The van der Waals surface area contributed by atoms with Gasteiger partial charge in [-0.15, -0.1) is 0 Å². The van der Waals surface area contributed by atoms with E-state index in [1.807, 2.05) is 0 Å². The quantitative estimate of drug-likeness (QED) is 0.0958. The van der Waals surface area contributed by atoms with Crippen LogP contribution < -0.4 is 14.2 Å². The second-order valence-electron chi connectivity index (χ2n) is 10.4. The molecular weight excluding hydrogens is 560 g/mol. The standard InChI is InChI=1S/C33H31F2NO5S/c1-39-29-19-24-26(20-30(29)40-14-2-3-15-42)36-13-10-27(24)41-28-9-6-22(16-25(28)35)18-32(38)33(11-12-33)31(37)17-21-4-7-23(34)8-5-21/h4-10,13,16,19-20,42H,2-3,11-12,14-15,17-18H2,1H3. The number of aromatic nitrogens is 1. The molecule has 6 nitrogen and oxygen atoms in total. The summed E-state index contributed by atoms with van der Waals surface area (Å²) in [6.45, 7) is 0.516. The van der Waals surface area contributed by atoms with E-state index < -0.39 is 11.2 Å². The number of ether oxygens (including phenoxy) is 3. The zero-order valence-corrected chi connectivity index (χ0v) is 24.1. The molecule has 4 aromatic rings. The number of methoxy groups -OCH3 is 1. The van der Waals surface area contributed by atoms with Crippen LogP contribution in [-0.2, 0) is 22.4 Å². The third-order valence-electron chi connectivity index (χ3n) is 7.47. The lowest BCUT2D eigenvalue weighted by molar-refractivity contribution is -0.133. The number of benzene rings is 3. The Balaban J connectivity index is 1.28. The van der Waals surface area contributed by atoms with Gasteiger partial charge < -0.3 is 14.2 Å². The predicted molar refractivity (Wildman–Crippen MR) is 159 cm³/mol. The molecular formula is C33H31F2NO5S. The molecule has 0 bridgehead atoms. The van der Waals surface area contributed by atoms with Gasteiger partial charge in [0.05, 0.1) is 24.6 Å². The summed E-state index contributed by atoms with van der Waals surface area (Å²) in [6, 6.07) is 15.2. The van der Waals surface area contributed by atoms with E-state index in [0.717, 1.165) is 18.6 Å². The molecule has 0 N–H and O–H groups in total. The van der Waals surface area contributed by atoms with Crippen LogP contribution in [0.25, 0.3) is 10.9 Å². The maximum absolute atomic E-state index is 15.2. The number of carbonyl (C=O) groups excluding carboxylic acids is 2. The fourth-order valence-electron chi connectivity index (χ4n) is 4.89. The van der Waals surface area contributed by atoms with Gasteiger partial charge in [-0.25, -0.2) is 8.78 Å². The Kier molecular flexibility index (Phi) is 9.06. The van der Waals surface area contributed by atoms with Crippen molar-refractivity contribution >= 4 is 35.1 Å².